The van der Waals surface area contributed by atoms with E-state index < -0.39 is 13.9 Å². The molecule has 0 radical (unpaired) electrons. The van der Waals surface area contributed by atoms with Gasteiger partial charge in [0, 0.05) is 12.0 Å². The number of unbranched alkanes of at least 4 members (excludes halogenated alkanes) is 3. The van der Waals surface area contributed by atoms with Crippen LogP contribution in [0.25, 0.3) is 0 Å². The molecule has 0 bridgehead atoms. The van der Waals surface area contributed by atoms with Crippen molar-refractivity contribution in [2.45, 2.75) is 76.6 Å². The molecule has 1 atom stereocenters. The second-order valence-corrected chi connectivity index (χ2v) is 14.6. The summed E-state index contributed by atoms with van der Waals surface area (Å²) in [5, 5.41) is 0.467. The van der Waals surface area contributed by atoms with Crippen LogP contribution in [-0.4, -0.2) is 47.0 Å². The summed E-state index contributed by atoms with van der Waals surface area (Å²) >= 11 is 6.57. The molecule has 8 heteroatoms. The number of rotatable bonds is 14. The third kappa shape index (κ3) is 8.51. The van der Waals surface area contributed by atoms with Gasteiger partial charge in [-0.25, -0.2) is 0 Å². The fourth-order valence-corrected chi connectivity index (χ4v) is 5.95. The van der Waals surface area contributed by atoms with Crippen LogP contribution in [0.2, 0.25) is 19.6 Å². The molecular weight excluding hydrogens is 484 g/mol. The lowest BCUT2D eigenvalue weighted by atomic mass is 9.92. The molecule has 0 saturated heterocycles. The van der Waals surface area contributed by atoms with Crippen LogP contribution >= 0.6 is 11.6 Å². The highest BCUT2D eigenvalue weighted by Crippen LogP contribution is 2.40. The van der Waals surface area contributed by atoms with Gasteiger partial charge >= 0.3 is 5.97 Å². The first-order chi connectivity index (χ1) is 16.5. The van der Waals surface area contributed by atoms with Crippen LogP contribution < -0.4 is 9.47 Å². The summed E-state index contributed by atoms with van der Waals surface area (Å²) in [7, 11) is 2.59. The summed E-state index contributed by atoms with van der Waals surface area (Å²) in [6, 6.07) is 5.87. The lowest BCUT2D eigenvalue weighted by molar-refractivity contribution is -0.140. The van der Waals surface area contributed by atoms with E-state index in [1.54, 1.807) is 14.2 Å². The Labute approximate surface area is 215 Å². The zero-order valence-electron chi connectivity index (χ0n) is 21.9. The van der Waals surface area contributed by atoms with Gasteiger partial charge in [0.2, 0.25) is 0 Å². The number of carbonyl (C=O) groups excluding carboxylic acids is 2. The number of allylic oxidation sites excluding steroid dienone is 2. The van der Waals surface area contributed by atoms with Crippen molar-refractivity contribution in [1.82, 2.24) is 0 Å². The fraction of sp³-hybridized carbons (Fsp3) is 0.556. The number of carbonyl (C=O) groups is 2. The number of hydrogen-bond donors (Lipinski definition) is 0. The number of ether oxygens (including phenoxy) is 3. The van der Waals surface area contributed by atoms with Gasteiger partial charge in [-0.1, -0.05) is 30.2 Å². The van der Waals surface area contributed by atoms with E-state index in [2.05, 4.69) is 24.4 Å². The number of hydrogen-bond acceptors (Lipinski definition) is 6. The average Bonchev–Trinajstić information content (AvgIpc) is 3.03. The molecule has 1 aromatic carbocycles. The zero-order chi connectivity index (χ0) is 26.1. The van der Waals surface area contributed by atoms with Crippen LogP contribution in [0.3, 0.4) is 0 Å². The minimum absolute atomic E-state index is 0.0493. The highest BCUT2D eigenvalue weighted by Gasteiger charge is 2.47. The van der Waals surface area contributed by atoms with Crippen molar-refractivity contribution in [3.63, 3.8) is 0 Å². The van der Waals surface area contributed by atoms with Gasteiger partial charge in [0.1, 0.15) is 5.60 Å². The van der Waals surface area contributed by atoms with Crippen molar-refractivity contribution in [1.29, 1.82) is 0 Å². The van der Waals surface area contributed by atoms with Gasteiger partial charge in [-0.15, -0.1) is 0 Å². The molecule has 0 aromatic heterocycles. The highest BCUT2D eigenvalue weighted by atomic mass is 35.5. The molecule has 6 nitrogen and oxygen atoms in total. The van der Waals surface area contributed by atoms with E-state index in [0.29, 0.717) is 34.9 Å². The number of Topliss-reactive ketones (excluding diaryl/α,β-unsaturated/α-hetero) is 1. The molecule has 0 amide bonds. The Morgan fingerprint density at radius 2 is 1.74 bits per heavy atom. The number of aryl methyl sites for hydroxylation is 1. The number of halogens is 1. The van der Waals surface area contributed by atoms with Gasteiger partial charge in [0.05, 0.1) is 26.4 Å². The van der Waals surface area contributed by atoms with Crippen molar-refractivity contribution in [3.05, 3.63) is 46.5 Å². The Morgan fingerprint density at radius 3 is 2.37 bits per heavy atom. The Hall–Kier alpha value is -2.09. The molecule has 1 unspecified atom stereocenters. The predicted molar refractivity (Wildman–Crippen MR) is 142 cm³/mol. The maximum absolute atomic E-state index is 13.6. The highest BCUT2D eigenvalue weighted by molar-refractivity contribution is 6.70. The number of ketones is 1. The van der Waals surface area contributed by atoms with Crippen LogP contribution in [0, 0.1) is 0 Å². The summed E-state index contributed by atoms with van der Waals surface area (Å²) in [5.74, 6) is 1.14. The summed E-state index contributed by atoms with van der Waals surface area (Å²) < 4.78 is 21.9. The van der Waals surface area contributed by atoms with Crippen molar-refractivity contribution in [2.75, 3.05) is 21.3 Å². The van der Waals surface area contributed by atoms with Crippen LogP contribution in [0.4, 0.5) is 0 Å². The second kappa shape index (κ2) is 13.3. The van der Waals surface area contributed by atoms with E-state index >= 15 is 0 Å². The van der Waals surface area contributed by atoms with Gasteiger partial charge in [0.15, 0.2) is 25.6 Å². The Kier molecular flexibility index (Phi) is 11.1. The maximum atomic E-state index is 13.6. The molecule has 2 rings (SSSR count). The van der Waals surface area contributed by atoms with E-state index in [0.717, 1.165) is 44.1 Å². The number of benzene rings is 1. The van der Waals surface area contributed by atoms with E-state index in [1.165, 1.54) is 7.11 Å². The van der Waals surface area contributed by atoms with E-state index in [4.69, 9.17) is 25.5 Å². The lowest BCUT2D eigenvalue weighted by Gasteiger charge is -2.33. The minimum Gasteiger partial charge on any atom is -0.493 e. The average molecular weight is 523 g/mol. The van der Waals surface area contributed by atoms with Crippen LogP contribution in [-0.2, 0) is 25.2 Å². The van der Waals surface area contributed by atoms with E-state index in [9.17, 15) is 9.59 Å². The normalized spacial score (nSPS) is 19.1. The quantitative estimate of drug-likeness (QED) is 0.122. The Bertz CT molecular complexity index is 949. The second-order valence-electron chi connectivity index (χ2n) is 9.76. The first kappa shape index (κ1) is 29.1. The molecule has 0 N–H and O–H groups in total. The standard InChI is InChI=1S/C27H39ClO6Si/c1-31-23-16-15-20(18-24(23)32-2)12-11-17-27(34-35(4,5)6)19-22(28)21(26(27)30)13-9-7-8-10-14-25(29)33-3/h13,15-16,18-19H,7-12,14,17H2,1-6H3. The lowest BCUT2D eigenvalue weighted by Crippen LogP contribution is -2.45. The number of esters is 1. The largest absolute Gasteiger partial charge is 0.493 e. The molecule has 194 valence electrons. The van der Waals surface area contributed by atoms with Crippen LogP contribution in [0.5, 0.6) is 11.5 Å². The molecule has 0 heterocycles. The summed E-state index contributed by atoms with van der Waals surface area (Å²) in [6.07, 6.45) is 9.48. The molecule has 1 aromatic rings. The number of methoxy groups -OCH3 is 3. The molecule has 1 aliphatic carbocycles. The SMILES string of the molecule is COC(=O)CCCCCC=C1C(=O)C(CCCc2ccc(OC)c(OC)c2)(O[Si](C)(C)C)C=C1Cl. The van der Waals surface area contributed by atoms with E-state index in [-0.39, 0.29) is 11.8 Å². The Morgan fingerprint density at radius 1 is 1.03 bits per heavy atom. The third-order valence-electron chi connectivity index (χ3n) is 5.86. The molecule has 35 heavy (non-hydrogen) atoms. The van der Waals surface area contributed by atoms with Crippen molar-refractivity contribution in [3.8, 4) is 11.5 Å². The molecule has 1 aliphatic rings. The van der Waals surface area contributed by atoms with Gasteiger partial charge in [-0.05, 0) is 81.9 Å². The summed E-state index contributed by atoms with van der Waals surface area (Å²) in [5.41, 5.74) is 0.632. The molecule has 0 aliphatic heterocycles. The first-order valence-electron chi connectivity index (χ1n) is 12.2. The smallest absolute Gasteiger partial charge is 0.305 e. The van der Waals surface area contributed by atoms with Gasteiger partial charge in [0.25, 0.3) is 0 Å². The summed E-state index contributed by atoms with van der Waals surface area (Å²) in [4.78, 5) is 24.8. The van der Waals surface area contributed by atoms with Crippen molar-refractivity contribution >= 4 is 31.7 Å². The molecule has 0 saturated carbocycles. The van der Waals surface area contributed by atoms with Crippen LogP contribution in [0.1, 0.15) is 50.5 Å². The zero-order valence-corrected chi connectivity index (χ0v) is 23.6. The third-order valence-corrected chi connectivity index (χ3v) is 7.15. The van der Waals surface area contributed by atoms with Gasteiger partial charge in [-0.3, -0.25) is 9.59 Å². The molecule has 0 fully saturated rings. The first-order valence-corrected chi connectivity index (χ1v) is 16.0. The predicted octanol–water partition coefficient (Wildman–Crippen LogP) is 6.37. The van der Waals surface area contributed by atoms with Gasteiger partial charge < -0.3 is 18.6 Å². The minimum atomic E-state index is -2.05. The van der Waals surface area contributed by atoms with E-state index in [1.807, 2.05) is 30.4 Å². The van der Waals surface area contributed by atoms with Crippen molar-refractivity contribution < 1.29 is 28.2 Å². The molecule has 0 spiro atoms. The summed E-state index contributed by atoms with van der Waals surface area (Å²) in [6.45, 7) is 6.25. The maximum Gasteiger partial charge on any atom is 0.305 e. The monoisotopic (exact) mass is 522 g/mol. The van der Waals surface area contributed by atoms with Crippen molar-refractivity contribution in [2.24, 2.45) is 0 Å². The van der Waals surface area contributed by atoms with Crippen LogP contribution in [0.15, 0.2) is 41.0 Å². The topological polar surface area (TPSA) is 71.1 Å². The van der Waals surface area contributed by atoms with Gasteiger partial charge in [-0.2, -0.15) is 0 Å². The molecular formula is C27H39ClO6Si. The fourth-order valence-electron chi connectivity index (χ4n) is 4.26. The Balaban J connectivity index is 2.07.